The number of nitrogens with zero attached hydrogens (tertiary/aromatic N) is 6. The van der Waals surface area contributed by atoms with Gasteiger partial charge in [-0.3, -0.25) is 9.08 Å². The van der Waals surface area contributed by atoms with Crippen LogP contribution in [0.15, 0.2) is 31.1 Å². The number of anilines is 1. The summed E-state index contributed by atoms with van der Waals surface area (Å²) in [5, 5.41) is 15.3. The van der Waals surface area contributed by atoms with Crippen LogP contribution < -0.4 is 5.32 Å². The van der Waals surface area contributed by atoms with Crippen molar-refractivity contribution in [2.24, 2.45) is 7.05 Å². The summed E-state index contributed by atoms with van der Waals surface area (Å²) in [6, 6.07) is 0. The summed E-state index contributed by atoms with van der Waals surface area (Å²) < 4.78 is 3.63. The number of rotatable bonds is 4. The van der Waals surface area contributed by atoms with Gasteiger partial charge in [-0.1, -0.05) is 0 Å². The van der Waals surface area contributed by atoms with Crippen molar-refractivity contribution in [3.05, 3.63) is 36.7 Å². The maximum atomic E-state index is 4.26. The van der Waals surface area contributed by atoms with Crippen LogP contribution >= 0.6 is 0 Å². The topological polar surface area (TPSA) is 72.9 Å². The molecule has 0 saturated heterocycles. The highest BCUT2D eigenvalue weighted by Crippen LogP contribution is 2.09. The highest BCUT2D eigenvalue weighted by Gasteiger charge is 2.04. The fourth-order valence-corrected chi connectivity index (χ4v) is 1.81. The van der Waals surface area contributed by atoms with E-state index in [4.69, 9.17) is 0 Å². The highest BCUT2D eigenvalue weighted by molar-refractivity contribution is 5.61. The van der Waals surface area contributed by atoms with E-state index in [1.807, 2.05) is 30.0 Å². The number of hydrogen-bond donors (Lipinski definition) is 1. The number of fused-ring (bicyclic) bond motifs is 1. The lowest BCUT2D eigenvalue weighted by atomic mass is 10.2. The Morgan fingerprint density at radius 2 is 2.33 bits per heavy atom. The van der Waals surface area contributed by atoms with Crippen molar-refractivity contribution in [3.8, 4) is 0 Å². The largest absolute Gasteiger partial charge is 0.367 e. The van der Waals surface area contributed by atoms with Crippen LogP contribution in [0.5, 0.6) is 0 Å². The Balaban J connectivity index is 1.68. The summed E-state index contributed by atoms with van der Waals surface area (Å²) in [5.74, 6) is 0.749. The molecule has 1 N–H and O–H groups in total. The molecule has 7 heteroatoms. The van der Waals surface area contributed by atoms with Gasteiger partial charge in [-0.2, -0.15) is 5.10 Å². The van der Waals surface area contributed by atoms with Crippen LogP contribution in [0.4, 0.5) is 5.82 Å². The van der Waals surface area contributed by atoms with Crippen LogP contribution in [-0.2, 0) is 13.5 Å². The van der Waals surface area contributed by atoms with Crippen molar-refractivity contribution in [1.82, 2.24) is 29.4 Å². The molecule has 0 aliphatic heterocycles. The normalized spacial score (nSPS) is 10.9. The fourth-order valence-electron chi connectivity index (χ4n) is 1.81. The number of hydrogen-bond acceptors (Lipinski definition) is 5. The first-order valence-corrected chi connectivity index (χ1v) is 5.69. The molecule has 3 aromatic rings. The van der Waals surface area contributed by atoms with Gasteiger partial charge in [0.15, 0.2) is 5.82 Å². The SMILES string of the molecule is Cn1cc(CCNc2nccn3cnnc23)cn1. The minimum absolute atomic E-state index is 0.740. The van der Waals surface area contributed by atoms with E-state index in [2.05, 4.69) is 25.6 Å². The molecular formula is C11H13N7. The van der Waals surface area contributed by atoms with Gasteiger partial charge in [0.25, 0.3) is 0 Å². The molecule has 0 spiro atoms. The molecule has 0 bridgehead atoms. The van der Waals surface area contributed by atoms with Gasteiger partial charge in [0, 0.05) is 32.2 Å². The summed E-state index contributed by atoms with van der Waals surface area (Å²) in [5.41, 5.74) is 1.93. The third-order valence-electron chi connectivity index (χ3n) is 2.68. The van der Waals surface area contributed by atoms with Crippen molar-refractivity contribution in [1.29, 1.82) is 0 Å². The molecule has 0 saturated carbocycles. The fraction of sp³-hybridized carbons (Fsp3) is 0.273. The van der Waals surface area contributed by atoms with E-state index < -0.39 is 0 Å². The third-order valence-corrected chi connectivity index (χ3v) is 2.68. The summed E-state index contributed by atoms with van der Waals surface area (Å²) in [6.07, 6.45) is 9.97. The molecule has 0 radical (unpaired) electrons. The standard InChI is InChI=1S/C11H13N7/c1-17-7-9(6-15-17)2-3-12-10-11-16-14-8-18(11)5-4-13-10/h4-8H,2-3H2,1H3,(H,12,13). The second-order valence-electron chi connectivity index (χ2n) is 4.04. The second kappa shape index (κ2) is 4.44. The van der Waals surface area contributed by atoms with Crippen molar-refractivity contribution in [3.63, 3.8) is 0 Å². The summed E-state index contributed by atoms with van der Waals surface area (Å²) in [7, 11) is 1.91. The van der Waals surface area contributed by atoms with E-state index in [1.54, 1.807) is 17.2 Å². The average Bonchev–Trinajstić information content (AvgIpc) is 2.98. The van der Waals surface area contributed by atoms with E-state index in [9.17, 15) is 0 Å². The molecule has 0 fully saturated rings. The third kappa shape index (κ3) is 2.02. The predicted octanol–water partition coefficient (Wildman–Crippen LogP) is 0.512. The van der Waals surface area contributed by atoms with Crippen molar-refractivity contribution in [2.75, 3.05) is 11.9 Å². The molecule has 3 rings (SSSR count). The van der Waals surface area contributed by atoms with Gasteiger partial charge in [0.2, 0.25) is 5.65 Å². The monoisotopic (exact) mass is 243 g/mol. The summed E-state index contributed by atoms with van der Waals surface area (Å²) in [4.78, 5) is 4.26. The number of aryl methyl sites for hydroxylation is 1. The van der Waals surface area contributed by atoms with Gasteiger partial charge in [-0.05, 0) is 12.0 Å². The highest BCUT2D eigenvalue weighted by atomic mass is 15.2. The zero-order valence-corrected chi connectivity index (χ0v) is 9.98. The van der Waals surface area contributed by atoms with Crippen molar-refractivity contribution < 1.29 is 0 Å². The minimum Gasteiger partial charge on any atom is -0.367 e. The van der Waals surface area contributed by atoms with Gasteiger partial charge in [0.05, 0.1) is 6.20 Å². The molecule has 0 aliphatic rings. The van der Waals surface area contributed by atoms with Crippen molar-refractivity contribution >= 4 is 11.5 Å². The maximum absolute atomic E-state index is 4.26. The first-order chi connectivity index (χ1) is 8.83. The van der Waals surface area contributed by atoms with E-state index in [0.717, 1.165) is 24.4 Å². The van der Waals surface area contributed by atoms with E-state index in [-0.39, 0.29) is 0 Å². The quantitative estimate of drug-likeness (QED) is 0.723. The van der Waals surface area contributed by atoms with Gasteiger partial charge < -0.3 is 5.32 Å². The molecule has 0 aliphatic carbocycles. The zero-order chi connectivity index (χ0) is 12.4. The molecule has 0 atom stereocenters. The minimum atomic E-state index is 0.740. The van der Waals surface area contributed by atoms with E-state index in [0.29, 0.717) is 0 Å². The average molecular weight is 243 g/mol. The molecule has 3 heterocycles. The molecule has 3 aromatic heterocycles. The summed E-state index contributed by atoms with van der Waals surface area (Å²) in [6.45, 7) is 0.783. The number of nitrogens with one attached hydrogen (secondary N) is 1. The van der Waals surface area contributed by atoms with Crippen LogP contribution in [0.2, 0.25) is 0 Å². The molecule has 18 heavy (non-hydrogen) atoms. The van der Waals surface area contributed by atoms with Gasteiger partial charge in [-0.15, -0.1) is 10.2 Å². The lowest BCUT2D eigenvalue weighted by molar-refractivity contribution is 0.767. The zero-order valence-electron chi connectivity index (χ0n) is 9.98. The second-order valence-corrected chi connectivity index (χ2v) is 4.04. The molecule has 0 amide bonds. The first kappa shape index (κ1) is 10.7. The van der Waals surface area contributed by atoms with Crippen LogP contribution in [-0.4, -0.2) is 35.9 Å². The lowest BCUT2D eigenvalue weighted by Crippen LogP contribution is -2.07. The van der Waals surface area contributed by atoms with Gasteiger partial charge in [0.1, 0.15) is 6.33 Å². The Morgan fingerprint density at radius 1 is 1.39 bits per heavy atom. The Bertz CT molecular complexity index is 654. The summed E-state index contributed by atoms with van der Waals surface area (Å²) >= 11 is 0. The Morgan fingerprint density at radius 3 is 3.17 bits per heavy atom. The Hall–Kier alpha value is -2.44. The van der Waals surface area contributed by atoms with Gasteiger partial charge in [-0.25, -0.2) is 4.98 Å². The van der Waals surface area contributed by atoms with E-state index >= 15 is 0 Å². The van der Waals surface area contributed by atoms with E-state index in [1.165, 1.54) is 5.56 Å². The molecule has 0 unspecified atom stereocenters. The maximum Gasteiger partial charge on any atom is 0.203 e. The Labute approximate surface area is 103 Å². The smallest absolute Gasteiger partial charge is 0.203 e. The molecule has 92 valence electrons. The predicted molar refractivity (Wildman–Crippen MR) is 66.2 cm³/mol. The Kier molecular flexibility index (Phi) is 2.64. The molecule has 7 nitrogen and oxygen atoms in total. The van der Waals surface area contributed by atoms with Gasteiger partial charge >= 0.3 is 0 Å². The van der Waals surface area contributed by atoms with Crippen LogP contribution in [0, 0.1) is 0 Å². The van der Waals surface area contributed by atoms with Crippen molar-refractivity contribution in [2.45, 2.75) is 6.42 Å². The number of aromatic nitrogens is 6. The van der Waals surface area contributed by atoms with Crippen LogP contribution in [0.25, 0.3) is 5.65 Å². The molecule has 0 aromatic carbocycles. The lowest BCUT2D eigenvalue weighted by Gasteiger charge is -2.04. The van der Waals surface area contributed by atoms with Crippen LogP contribution in [0.3, 0.4) is 0 Å². The van der Waals surface area contributed by atoms with Crippen LogP contribution in [0.1, 0.15) is 5.56 Å². The molecular weight excluding hydrogens is 230 g/mol. The first-order valence-electron chi connectivity index (χ1n) is 5.69.